The molecule has 0 aliphatic carbocycles. The van der Waals surface area contributed by atoms with E-state index < -0.39 is 7.05 Å². The summed E-state index contributed by atoms with van der Waals surface area (Å²) < 4.78 is 4.34. The van der Waals surface area contributed by atoms with Crippen LogP contribution in [-0.4, -0.2) is 26.5 Å². The summed E-state index contributed by atoms with van der Waals surface area (Å²) in [6, 6.07) is 0. The second kappa shape index (κ2) is 9.52. The summed E-state index contributed by atoms with van der Waals surface area (Å²) in [6.07, 6.45) is 11.6. The molecule has 0 amide bonds. The first-order valence-electron chi connectivity index (χ1n) is 6.53. The van der Waals surface area contributed by atoms with Gasteiger partial charge in [0.15, 0.2) is 0 Å². The normalized spacial score (nSPS) is 11.7. The van der Waals surface area contributed by atoms with Crippen LogP contribution in [0.25, 0.3) is 0 Å². The van der Waals surface area contributed by atoms with Gasteiger partial charge in [-0.3, -0.25) is 0 Å². The lowest BCUT2D eigenvalue weighted by Crippen LogP contribution is -2.01. The fourth-order valence-electron chi connectivity index (χ4n) is 1.87. The summed E-state index contributed by atoms with van der Waals surface area (Å²) in [5.74, 6) is 0. The van der Waals surface area contributed by atoms with Crippen LogP contribution < -0.4 is 0 Å². The van der Waals surface area contributed by atoms with Crippen LogP contribution >= 0.6 is 7.05 Å². The van der Waals surface area contributed by atoms with Crippen LogP contribution in [0.4, 0.5) is 0 Å². The zero-order chi connectivity index (χ0) is 11.6. The highest BCUT2D eigenvalue weighted by molar-refractivity contribution is 7.66. The van der Waals surface area contributed by atoms with Gasteiger partial charge >= 0.3 is 0 Å². The number of nitrogens with zero attached hydrogens (tertiary/aromatic N) is 1. The van der Waals surface area contributed by atoms with Gasteiger partial charge in [0.1, 0.15) is 0 Å². The Morgan fingerprint density at radius 2 is 1.13 bits per heavy atom. The van der Waals surface area contributed by atoms with E-state index in [1.54, 1.807) is 0 Å². The van der Waals surface area contributed by atoms with E-state index in [9.17, 15) is 0 Å². The van der Waals surface area contributed by atoms with Crippen molar-refractivity contribution in [3.8, 4) is 0 Å². The molecule has 0 unspecified atom stereocenters. The number of hydrogen-bond acceptors (Lipinski definition) is 1. The highest BCUT2D eigenvalue weighted by atomic mass is 31.2. The van der Waals surface area contributed by atoms with Gasteiger partial charge in [0.25, 0.3) is 7.98 Å². The Hall–Kier alpha value is 0.295. The minimum Gasteiger partial charge on any atom is -0.371 e. The van der Waals surface area contributed by atoms with Crippen molar-refractivity contribution in [2.24, 2.45) is 4.66 Å². The number of unbranched alkanes of at least 4 members (excludes halogenated alkanes) is 3. The molecule has 0 fully saturated rings. The molecule has 1 nitrogen and oxygen atoms in total. The molecule has 0 spiro atoms. The maximum atomic E-state index is 5.70. The zero-order valence-electron chi connectivity index (χ0n) is 10.8. The van der Waals surface area contributed by atoms with E-state index in [4.69, 9.17) is 7.98 Å². The van der Waals surface area contributed by atoms with Gasteiger partial charge in [-0.25, -0.2) is 0 Å². The summed E-state index contributed by atoms with van der Waals surface area (Å²) in [6.45, 7) is 6.76. The molecule has 0 aliphatic heterocycles. The Bertz CT molecular complexity index is 164. The Morgan fingerprint density at radius 3 is 1.33 bits per heavy atom. The van der Waals surface area contributed by atoms with Crippen LogP contribution in [-0.2, 0) is 0 Å². The first-order valence-corrected chi connectivity index (χ1v) is 8.83. The van der Waals surface area contributed by atoms with Gasteiger partial charge in [-0.05, 0) is 44.8 Å². The molecule has 0 aliphatic rings. The summed E-state index contributed by atoms with van der Waals surface area (Å²) in [5.41, 5.74) is 0. The highest BCUT2D eigenvalue weighted by Crippen LogP contribution is 2.51. The van der Waals surface area contributed by atoms with Gasteiger partial charge in [-0.2, -0.15) is 0 Å². The Balaban J connectivity index is 4.32. The summed E-state index contributed by atoms with van der Waals surface area (Å²) in [7, 11) is 4.58. The van der Waals surface area contributed by atoms with Crippen molar-refractivity contribution in [2.75, 3.05) is 18.5 Å². The number of rotatable bonds is 9. The SMILES string of the molecule is [B]N=P(CCCC)(CCCC)CCCC. The van der Waals surface area contributed by atoms with Crippen molar-refractivity contribution in [1.29, 1.82) is 0 Å². The molecule has 0 rings (SSSR count). The molecule has 3 heteroatoms. The molecule has 0 aromatic rings. The molecule has 0 saturated carbocycles. The topological polar surface area (TPSA) is 12.4 Å². The van der Waals surface area contributed by atoms with Crippen LogP contribution in [0.1, 0.15) is 59.3 Å². The van der Waals surface area contributed by atoms with E-state index in [1.807, 2.05) is 0 Å². The molecular formula is C12H27BNP. The predicted molar refractivity (Wildman–Crippen MR) is 74.4 cm³/mol. The molecule has 0 heterocycles. The molecular weight excluding hydrogens is 200 g/mol. The van der Waals surface area contributed by atoms with Gasteiger partial charge in [0.2, 0.25) is 0 Å². The van der Waals surface area contributed by atoms with E-state index in [0.717, 1.165) is 0 Å². The first-order chi connectivity index (χ1) is 7.24. The molecule has 0 aromatic heterocycles. The molecule has 0 bridgehead atoms. The third-order valence-electron chi connectivity index (χ3n) is 3.03. The highest BCUT2D eigenvalue weighted by Gasteiger charge is 2.15. The minimum atomic E-state index is -1.12. The standard InChI is InChI=1S/C12H27BNP/c1-4-7-10-15(14-13,11-8-5-2)12-9-6-3/h4-12H2,1-3H3. The van der Waals surface area contributed by atoms with E-state index in [-0.39, 0.29) is 0 Å². The van der Waals surface area contributed by atoms with Gasteiger partial charge in [0, 0.05) is 0 Å². The smallest absolute Gasteiger partial charge is 0.257 e. The Labute approximate surface area is 97.9 Å². The van der Waals surface area contributed by atoms with E-state index >= 15 is 0 Å². The van der Waals surface area contributed by atoms with Crippen molar-refractivity contribution < 1.29 is 0 Å². The lowest BCUT2D eigenvalue weighted by Gasteiger charge is -2.25. The third kappa shape index (κ3) is 6.46. The maximum Gasteiger partial charge on any atom is 0.257 e. The van der Waals surface area contributed by atoms with Crippen molar-refractivity contribution in [3.05, 3.63) is 0 Å². The van der Waals surface area contributed by atoms with Crippen molar-refractivity contribution in [2.45, 2.75) is 59.3 Å². The molecule has 2 radical (unpaired) electrons. The molecule has 0 saturated heterocycles. The van der Waals surface area contributed by atoms with E-state index in [1.165, 1.54) is 57.0 Å². The van der Waals surface area contributed by atoms with Gasteiger partial charge in [0.05, 0.1) is 0 Å². The van der Waals surface area contributed by atoms with Gasteiger partial charge in [-0.15, -0.1) is 0 Å². The van der Waals surface area contributed by atoms with Crippen LogP contribution in [0.5, 0.6) is 0 Å². The Kier molecular flexibility index (Phi) is 9.70. The first kappa shape index (κ1) is 15.3. The van der Waals surface area contributed by atoms with Crippen molar-refractivity contribution in [1.82, 2.24) is 0 Å². The van der Waals surface area contributed by atoms with Crippen LogP contribution in [0.15, 0.2) is 4.66 Å². The van der Waals surface area contributed by atoms with Crippen LogP contribution in [0.2, 0.25) is 0 Å². The Morgan fingerprint density at radius 1 is 0.800 bits per heavy atom. The third-order valence-corrected chi connectivity index (χ3v) is 6.96. The van der Waals surface area contributed by atoms with E-state index in [2.05, 4.69) is 25.4 Å². The fraction of sp³-hybridized carbons (Fsp3) is 1.00. The zero-order valence-corrected chi connectivity index (χ0v) is 11.7. The van der Waals surface area contributed by atoms with Crippen molar-refractivity contribution in [3.63, 3.8) is 0 Å². The monoisotopic (exact) mass is 227 g/mol. The second-order valence-corrected chi connectivity index (χ2v) is 8.20. The average Bonchev–Trinajstić information content (AvgIpc) is 2.29. The molecule has 0 aromatic carbocycles. The second-order valence-electron chi connectivity index (χ2n) is 4.44. The maximum absolute atomic E-state index is 5.70. The quantitative estimate of drug-likeness (QED) is 0.401. The fourth-order valence-corrected chi connectivity index (χ4v) is 5.60. The summed E-state index contributed by atoms with van der Waals surface area (Å²) in [4.78, 5) is 0. The lowest BCUT2D eigenvalue weighted by atomic mass is 10.4. The van der Waals surface area contributed by atoms with Crippen LogP contribution in [0, 0.1) is 0 Å². The molecule has 88 valence electrons. The predicted octanol–water partition coefficient (Wildman–Crippen LogP) is 4.67. The minimum absolute atomic E-state index is 1.12. The van der Waals surface area contributed by atoms with E-state index in [0.29, 0.717) is 0 Å². The molecule has 15 heavy (non-hydrogen) atoms. The summed E-state index contributed by atoms with van der Waals surface area (Å²) >= 11 is 0. The van der Waals surface area contributed by atoms with Crippen LogP contribution in [0.3, 0.4) is 0 Å². The summed E-state index contributed by atoms with van der Waals surface area (Å²) in [5, 5.41) is 0. The average molecular weight is 227 g/mol. The molecule has 0 atom stereocenters. The van der Waals surface area contributed by atoms with Gasteiger partial charge in [-0.1, -0.05) is 40.0 Å². The van der Waals surface area contributed by atoms with Crippen molar-refractivity contribution >= 4 is 15.0 Å². The lowest BCUT2D eigenvalue weighted by molar-refractivity contribution is 0.841. The molecule has 0 N–H and O–H groups in total. The van der Waals surface area contributed by atoms with Gasteiger partial charge < -0.3 is 4.66 Å². The largest absolute Gasteiger partial charge is 0.371 e. The number of hydrogen-bond donors (Lipinski definition) is 0.